The van der Waals surface area contributed by atoms with Crippen molar-refractivity contribution in [1.82, 2.24) is 9.62 Å². The van der Waals surface area contributed by atoms with Gasteiger partial charge in [0.2, 0.25) is 10.0 Å². The van der Waals surface area contributed by atoms with Crippen LogP contribution in [0.1, 0.15) is 40.0 Å². The molecule has 0 radical (unpaired) electrons. The summed E-state index contributed by atoms with van der Waals surface area (Å²) in [7, 11) is -3.56. The van der Waals surface area contributed by atoms with Crippen molar-refractivity contribution in [1.29, 1.82) is 0 Å². The maximum atomic E-state index is 12.2. The van der Waals surface area contributed by atoms with Crippen molar-refractivity contribution >= 4 is 15.9 Å². The second-order valence-electron chi connectivity index (χ2n) is 7.06. The number of benzene rings is 1. The molecule has 0 unspecified atom stereocenters. The van der Waals surface area contributed by atoms with Crippen molar-refractivity contribution in [2.45, 2.75) is 50.5 Å². The third-order valence-corrected chi connectivity index (χ3v) is 5.42. The van der Waals surface area contributed by atoms with E-state index in [2.05, 4.69) is 4.72 Å². The molecule has 1 fully saturated rings. The van der Waals surface area contributed by atoms with Crippen molar-refractivity contribution in [3.63, 3.8) is 0 Å². The van der Waals surface area contributed by atoms with E-state index < -0.39 is 15.6 Å². The molecule has 0 atom stereocenters. The number of hydrogen-bond donors (Lipinski definition) is 1. The van der Waals surface area contributed by atoms with Crippen molar-refractivity contribution in [3.8, 4) is 5.75 Å². The maximum absolute atomic E-state index is 12.2. The lowest BCUT2D eigenvalue weighted by Crippen LogP contribution is -2.40. The Morgan fingerprint density at radius 3 is 2.25 bits per heavy atom. The lowest BCUT2D eigenvalue weighted by Gasteiger charge is -2.26. The average Bonchev–Trinajstić information content (AvgIpc) is 2.51. The van der Waals surface area contributed by atoms with Gasteiger partial charge in [-0.3, -0.25) is 4.79 Å². The summed E-state index contributed by atoms with van der Waals surface area (Å²) in [6, 6.07) is 6.10. The number of likely N-dealkylation sites (tertiary alicyclic amines) is 1. The van der Waals surface area contributed by atoms with Crippen LogP contribution in [0.4, 0.5) is 0 Å². The lowest BCUT2D eigenvalue weighted by molar-refractivity contribution is -0.134. The average molecular weight is 354 g/mol. The first-order valence-corrected chi connectivity index (χ1v) is 9.70. The van der Waals surface area contributed by atoms with Crippen LogP contribution in [0.2, 0.25) is 0 Å². The van der Waals surface area contributed by atoms with Crippen LogP contribution >= 0.6 is 0 Å². The number of sulfonamides is 1. The first kappa shape index (κ1) is 18.7. The van der Waals surface area contributed by atoms with E-state index in [-0.39, 0.29) is 17.4 Å². The predicted molar refractivity (Wildman–Crippen MR) is 92.4 cm³/mol. The standard InChI is InChI=1S/C17H26N2O4S/c1-17(2,3)18-24(21,22)15-9-7-14(8-10-15)23-13-16(20)19-11-5-4-6-12-19/h7-10,18H,4-6,11-13H2,1-3H3. The van der Waals surface area contributed by atoms with Crippen LogP contribution in [0.15, 0.2) is 29.2 Å². The Hall–Kier alpha value is -1.60. The molecule has 1 saturated heterocycles. The monoisotopic (exact) mass is 354 g/mol. The molecule has 1 heterocycles. The van der Waals surface area contributed by atoms with E-state index in [1.807, 2.05) is 4.90 Å². The zero-order valence-corrected chi connectivity index (χ0v) is 15.4. The summed E-state index contributed by atoms with van der Waals surface area (Å²) < 4.78 is 32.5. The van der Waals surface area contributed by atoms with Crippen LogP contribution in [0.25, 0.3) is 0 Å². The normalized spacial score (nSPS) is 16.0. The molecule has 2 rings (SSSR count). The molecule has 24 heavy (non-hydrogen) atoms. The minimum Gasteiger partial charge on any atom is -0.484 e. The zero-order valence-electron chi connectivity index (χ0n) is 14.5. The first-order chi connectivity index (χ1) is 11.2. The predicted octanol–water partition coefficient (Wildman–Crippen LogP) is 2.15. The van der Waals surface area contributed by atoms with Crippen molar-refractivity contribution < 1.29 is 17.9 Å². The molecule has 0 saturated carbocycles. The number of hydrogen-bond acceptors (Lipinski definition) is 4. The molecule has 6 nitrogen and oxygen atoms in total. The fourth-order valence-electron chi connectivity index (χ4n) is 2.56. The zero-order chi connectivity index (χ0) is 17.8. The van der Waals surface area contributed by atoms with Crippen molar-refractivity contribution in [2.75, 3.05) is 19.7 Å². The van der Waals surface area contributed by atoms with Gasteiger partial charge in [0.05, 0.1) is 4.90 Å². The highest BCUT2D eigenvalue weighted by atomic mass is 32.2. The summed E-state index contributed by atoms with van der Waals surface area (Å²) in [5, 5.41) is 0. The van der Waals surface area contributed by atoms with Gasteiger partial charge in [-0.2, -0.15) is 0 Å². The SMILES string of the molecule is CC(C)(C)NS(=O)(=O)c1ccc(OCC(=O)N2CCCCC2)cc1. The van der Waals surface area contributed by atoms with Gasteiger partial charge in [0, 0.05) is 18.6 Å². The Labute approximate surface area is 144 Å². The Morgan fingerprint density at radius 1 is 1.12 bits per heavy atom. The minimum absolute atomic E-state index is 0.0215. The number of carbonyl (C=O) groups excluding carboxylic acids is 1. The second-order valence-corrected chi connectivity index (χ2v) is 8.74. The van der Waals surface area contributed by atoms with Crippen LogP contribution in [0.5, 0.6) is 5.75 Å². The summed E-state index contributed by atoms with van der Waals surface area (Å²) in [5.74, 6) is 0.455. The molecule has 1 aromatic rings. The lowest BCUT2D eigenvalue weighted by atomic mass is 10.1. The van der Waals surface area contributed by atoms with E-state index in [1.54, 1.807) is 32.9 Å². The van der Waals surface area contributed by atoms with Crippen LogP contribution in [0, 0.1) is 0 Å². The summed E-state index contributed by atoms with van der Waals surface area (Å²) in [6.07, 6.45) is 3.25. The van der Waals surface area contributed by atoms with Gasteiger partial charge in [0.1, 0.15) is 5.75 Å². The number of ether oxygens (including phenoxy) is 1. The molecule has 1 N–H and O–H groups in total. The number of nitrogens with one attached hydrogen (secondary N) is 1. The van der Waals surface area contributed by atoms with Gasteiger partial charge in [-0.25, -0.2) is 13.1 Å². The quantitative estimate of drug-likeness (QED) is 0.879. The molecule has 1 aliphatic rings. The molecular formula is C17H26N2O4S. The van der Waals surface area contributed by atoms with Gasteiger partial charge in [-0.1, -0.05) is 0 Å². The molecule has 1 aliphatic heterocycles. The van der Waals surface area contributed by atoms with E-state index in [0.717, 1.165) is 25.9 Å². The molecule has 0 spiro atoms. The van der Waals surface area contributed by atoms with E-state index >= 15 is 0 Å². The molecule has 1 aromatic carbocycles. The molecular weight excluding hydrogens is 328 g/mol. The third kappa shape index (κ3) is 5.49. The number of carbonyl (C=O) groups is 1. The first-order valence-electron chi connectivity index (χ1n) is 8.22. The Morgan fingerprint density at radius 2 is 1.71 bits per heavy atom. The molecule has 134 valence electrons. The van der Waals surface area contributed by atoms with Crippen LogP contribution < -0.4 is 9.46 Å². The number of nitrogens with zero attached hydrogens (tertiary/aromatic N) is 1. The smallest absolute Gasteiger partial charge is 0.260 e. The summed E-state index contributed by atoms with van der Waals surface area (Å²) in [4.78, 5) is 14.0. The van der Waals surface area contributed by atoms with Crippen LogP contribution in [-0.4, -0.2) is 44.5 Å². The Bertz CT molecular complexity index is 657. The van der Waals surface area contributed by atoms with Gasteiger partial charge in [0.25, 0.3) is 5.91 Å². The van der Waals surface area contributed by atoms with Gasteiger partial charge < -0.3 is 9.64 Å². The summed E-state index contributed by atoms with van der Waals surface area (Å²) in [5.41, 5.74) is -0.547. The molecule has 7 heteroatoms. The van der Waals surface area contributed by atoms with Crippen molar-refractivity contribution in [3.05, 3.63) is 24.3 Å². The van der Waals surface area contributed by atoms with Gasteiger partial charge >= 0.3 is 0 Å². The largest absolute Gasteiger partial charge is 0.484 e. The molecule has 0 aromatic heterocycles. The fourth-order valence-corrected chi connectivity index (χ4v) is 3.98. The van der Waals surface area contributed by atoms with Crippen LogP contribution in [0.3, 0.4) is 0 Å². The van der Waals surface area contributed by atoms with E-state index in [9.17, 15) is 13.2 Å². The van der Waals surface area contributed by atoms with E-state index in [4.69, 9.17) is 4.74 Å². The molecule has 0 aliphatic carbocycles. The minimum atomic E-state index is -3.56. The van der Waals surface area contributed by atoms with Gasteiger partial charge in [-0.15, -0.1) is 0 Å². The fraction of sp³-hybridized carbons (Fsp3) is 0.588. The maximum Gasteiger partial charge on any atom is 0.260 e. The highest BCUT2D eigenvalue weighted by Gasteiger charge is 2.22. The highest BCUT2D eigenvalue weighted by Crippen LogP contribution is 2.18. The Kier molecular flexibility index (Phi) is 5.87. The number of amides is 1. The third-order valence-electron chi connectivity index (χ3n) is 3.65. The van der Waals surface area contributed by atoms with E-state index in [0.29, 0.717) is 5.75 Å². The highest BCUT2D eigenvalue weighted by molar-refractivity contribution is 7.89. The number of rotatable bonds is 5. The topological polar surface area (TPSA) is 75.7 Å². The summed E-state index contributed by atoms with van der Waals surface area (Å²) in [6.45, 7) is 6.92. The number of piperidine rings is 1. The second kappa shape index (κ2) is 7.53. The summed E-state index contributed by atoms with van der Waals surface area (Å²) >= 11 is 0. The molecule has 0 bridgehead atoms. The van der Waals surface area contributed by atoms with Crippen molar-refractivity contribution in [2.24, 2.45) is 0 Å². The van der Waals surface area contributed by atoms with Gasteiger partial charge in [-0.05, 0) is 64.3 Å². The van der Waals surface area contributed by atoms with E-state index in [1.165, 1.54) is 18.6 Å². The Balaban J connectivity index is 1.93. The van der Waals surface area contributed by atoms with Crippen LogP contribution in [-0.2, 0) is 14.8 Å². The molecule has 1 amide bonds. The van der Waals surface area contributed by atoms with Gasteiger partial charge in [0.15, 0.2) is 6.61 Å².